The van der Waals surface area contributed by atoms with Crippen LogP contribution < -0.4 is 0 Å². The van der Waals surface area contributed by atoms with Crippen molar-refractivity contribution >= 4 is 5.91 Å². The Labute approximate surface area is 117 Å². The molecule has 1 saturated heterocycles. The molecule has 1 atom stereocenters. The van der Waals surface area contributed by atoms with E-state index >= 15 is 0 Å². The number of ether oxygens (including phenoxy) is 1. The van der Waals surface area contributed by atoms with Crippen LogP contribution in [0.1, 0.15) is 50.4 Å². The third-order valence-corrected chi connectivity index (χ3v) is 3.81. The van der Waals surface area contributed by atoms with Crippen LogP contribution in [0.3, 0.4) is 0 Å². The maximum Gasteiger partial charge on any atom is 0.253 e. The fourth-order valence-electron chi connectivity index (χ4n) is 2.73. The van der Waals surface area contributed by atoms with Crippen molar-refractivity contribution in [3.63, 3.8) is 0 Å². The van der Waals surface area contributed by atoms with Gasteiger partial charge in [0.15, 0.2) is 5.82 Å². The van der Waals surface area contributed by atoms with E-state index in [1.165, 1.54) is 0 Å². The predicted octanol–water partition coefficient (Wildman–Crippen LogP) is 1.99. The van der Waals surface area contributed by atoms with Crippen molar-refractivity contribution in [2.75, 3.05) is 13.2 Å². The molecular formula is C14H19N3O3. The summed E-state index contributed by atoms with van der Waals surface area (Å²) in [6.45, 7) is 3.42. The summed E-state index contributed by atoms with van der Waals surface area (Å²) in [7, 11) is 0. The molecule has 3 heterocycles. The number of hydrogen-bond donors (Lipinski definition) is 0. The summed E-state index contributed by atoms with van der Waals surface area (Å²) >= 11 is 0. The molecule has 6 heteroatoms. The molecule has 0 spiro atoms. The third-order valence-electron chi connectivity index (χ3n) is 3.81. The standard InChI is InChI=1S/C14H19N3O3/c1-2-12-15-13(16-20-12)11-6-3-7-17(11)14(18)10-5-4-8-19-9-10/h9,11H,2-8H2,1H3/t11-/m1/s1. The molecule has 2 aliphatic rings. The first-order valence-electron chi connectivity index (χ1n) is 7.23. The van der Waals surface area contributed by atoms with Gasteiger partial charge in [-0.15, -0.1) is 0 Å². The zero-order valence-electron chi connectivity index (χ0n) is 11.7. The van der Waals surface area contributed by atoms with Crippen molar-refractivity contribution in [3.05, 3.63) is 23.6 Å². The number of aryl methyl sites for hydroxylation is 1. The van der Waals surface area contributed by atoms with E-state index < -0.39 is 0 Å². The van der Waals surface area contributed by atoms with Gasteiger partial charge in [0, 0.05) is 13.0 Å². The number of amides is 1. The van der Waals surface area contributed by atoms with Crippen LogP contribution in [0, 0.1) is 0 Å². The number of carbonyl (C=O) groups excluding carboxylic acids is 1. The summed E-state index contributed by atoms with van der Waals surface area (Å²) in [6.07, 6.45) is 5.87. The molecule has 2 aliphatic heterocycles. The number of nitrogens with zero attached hydrogens (tertiary/aromatic N) is 3. The van der Waals surface area contributed by atoms with Crippen LogP contribution in [0.2, 0.25) is 0 Å². The third kappa shape index (κ3) is 2.42. The Morgan fingerprint density at radius 3 is 3.10 bits per heavy atom. The van der Waals surface area contributed by atoms with Gasteiger partial charge in [-0.3, -0.25) is 4.79 Å². The summed E-state index contributed by atoms with van der Waals surface area (Å²) in [5, 5.41) is 4.02. The first-order valence-corrected chi connectivity index (χ1v) is 7.23. The fourth-order valence-corrected chi connectivity index (χ4v) is 2.73. The number of hydrogen-bond acceptors (Lipinski definition) is 5. The van der Waals surface area contributed by atoms with Gasteiger partial charge in [-0.25, -0.2) is 0 Å². The van der Waals surface area contributed by atoms with E-state index in [0.717, 1.165) is 37.8 Å². The van der Waals surface area contributed by atoms with Crippen LogP contribution in [0.15, 0.2) is 16.4 Å². The lowest BCUT2D eigenvalue weighted by atomic mass is 10.1. The highest BCUT2D eigenvalue weighted by Gasteiger charge is 2.34. The Bertz CT molecular complexity index is 523. The number of aromatic nitrogens is 2. The first-order chi connectivity index (χ1) is 9.79. The largest absolute Gasteiger partial charge is 0.501 e. The first kappa shape index (κ1) is 13.1. The highest BCUT2D eigenvalue weighted by Crippen LogP contribution is 2.32. The van der Waals surface area contributed by atoms with E-state index in [4.69, 9.17) is 9.26 Å². The van der Waals surface area contributed by atoms with Crippen LogP contribution in [-0.2, 0) is 16.0 Å². The van der Waals surface area contributed by atoms with E-state index in [1.54, 1.807) is 6.26 Å². The maximum absolute atomic E-state index is 12.6. The topological polar surface area (TPSA) is 68.5 Å². The van der Waals surface area contributed by atoms with Gasteiger partial charge in [-0.1, -0.05) is 12.1 Å². The molecule has 0 aromatic carbocycles. The average Bonchev–Trinajstić information content (AvgIpc) is 3.15. The van der Waals surface area contributed by atoms with Crippen LogP contribution in [-0.4, -0.2) is 34.1 Å². The van der Waals surface area contributed by atoms with Crippen LogP contribution in [0.25, 0.3) is 0 Å². The van der Waals surface area contributed by atoms with E-state index in [1.807, 2.05) is 11.8 Å². The van der Waals surface area contributed by atoms with Crippen molar-refractivity contribution in [2.45, 2.75) is 45.1 Å². The molecule has 0 aliphatic carbocycles. The summed E-state index contributed by atoms with van der Waals surface area (Å²) in [5.74, 6) is 1.31. The van der Waals surface area contributed by atoms with Crippen LogP contribution >= 0.6 is 0 Å². The minimum atomic E-state index is -0.0608. The van der Waals surface area contributed by atoms with E-state index in [0.29, 0.717) is 24.7 Å². The smallest absolute Gasteiger partial charge is 0.253 e. The Morgan fingerprint density at radius 2 is 2.40 bits per heavy atom. The van der Waals surface area contributed by atoms with Gasteiger partial charge in [-0.2, -0.15) is 4.98 Å². The zero-order chi connectivity index (χ0) is 13.9. The Morgan fingerprint density at radius 1 is 1.50 bits per heavy atom. The van der Waals surface area contributed by atoms with E-state index in [9.17, 15) is 4.79 Å². The van der Waals surface area contributed by atoms with Crippen LogP contribution in [0.5, 0.6) is 0 Å². The molecule has 6 nitrogen and oxygen atoms in total. The van der Waals surface area contributed by atoms with Crippen molar-refractivity contribution in [1.82, 2.24) is 15.0 Å². The zero-order valence-corrected chi connectivity index (χ0v) is 11.7. The SMILES string of the molecule is CCc1nc([C@H]2CCCN2C(=O)C2=COCCC2)no1. The minimum Gasteiger partial charge on any atom is -0.501 e. The van der Waals surface area contributed by atoms with Crippen molar-refractivity contribution in [3.8, 4) is 0 Å². The van der Waals surface area contributed by atoms with Gasteiger partial charge in [0.2, 0.25) is 5.89 Å². The lowest BCUT2D eigenvalue weighted by molar-refractivity contribution is -0.128. The van der Waals surface area contributed by atoms with Gasteiger partial charge < -0.3 is 14.2 Å². The monoisotopic (exact) mass is 277 g/mol. The molecule has 0 saturated carbocycles. The van der Waals surface area contributed by atoms with Gasteiger partial charge >= 0.3 is 0 Å². The number of rotatable bonds is 3. The molecule has 108 valence electrons. The Balaban J connectivity index is 1.78. The van der Waals surface area contributed by atoms with Gasteiger partial charge in [0.05, 0.1) is 24.5 Å². The summed E-state index contributed by atoms with van der Waals surface area (Å²) < 4.78 is 10.4. The lowest BCUT2D eigenvalue weighted by Gasteiger charge is -2.24. The van der Waals surface area contributed by atoms with Crippen molar-refractivity contribution in [1.29, 1.82) is 0 Å². The van der Waals surface area contributed by atoms with E-state index in [2.05, 4.69) is 10.1 Å². The van der Waals surface area contributed by atoms with Gasteiger partial charge in [0.25, 0.3) is 5.91 Å². The molecule has 1 aromatic rings. The normalized spacial score (nSPS) is 22.6. The molecule has 0 radical (unpaired) electrons. The predicted molar refractivity (Wildman–Crippen MR) is 70.6 cm³/mol. The molecule has 20 heavy (non-hydrogen) atoms. The van der Waals surface area contributed by atoms with Crippen molar-refractivity contribution in [2.24, 2.45) is 0 Å². The highest BCUT2D eigenvalue weighted by atomic mass is 16.5. The molecule has 0 N–H and O–H groups in total. The lowest BCUT2D eigenvalue weighted by Crippen LogP contribution is -2.33. The Hall–Kier alpha value is -1.85. The van der Waals surface area contributed by atoms with Crippen molar-refractivity contribution < 1.29 is 14.1 Å². The number of carbonyl (C=O) groups is 1. The summed E-state index contributed by atoms with van der Waals surface area (Å²) in [4.78, 5) is 18.8. The second-order valence-corrected chi connectivity index (χ2v) is 5.17. The van der Waals surface area contributed by atoms with E-state index in [-0.39, 0.29) is 11.9 Å². The van der Waals surface area contributed by atoms with Crippen LogP contribution in [0.4, 0.5) is 0 Å². The second kappa shape index (κ2) is 5.64. The Kier molecular flexibility index (Phi) is 3.71. The average molecular weight is 277 g/mol. The fraction of sp³-hybridized carbons (Fsp3) is 0.643. The maximum atomic E-state index is 12.6. The van der Waals surface area contributed by atoms with Gasteiger partial charge in [0.1, 0.15) is 0 Å². The molecule has 3 rings (SSSR count). The quantitative estimate of drug-likeness (QED) is 0.845. The molecule has 1 amide bonds. The minimum absolute atomic E-state index is 0.0510. The molecule has 0 bridgehead atoms. The van der Waals surface area contributed by atoms with Gasteiger partial charge in [-0.05, 0) is 25.7 Å². The molecule has 1 fully saturated rings. The summed E-state index contributed by atoms with van der Waals surface area (Å²) in [5.41, 5.74) is 0.752. The molecule has 1 aromatic heterocycles. The molecular weight excluding hydrogens is 258 g/mol. The molecule has 0 unspecified atom stereocenters. The highest BCUT2D eigenvalue weighted by molar-refractivity contribution is 5.93. The summed E-state index contributed by atoms with van der Waals surface area (Å²) in [6, 6.07) is -0.0608. The second-order valence-electron chi connectivity index (χ2n) is 5.17. The number of likely N-dealkylation sites (tertiary alicyclic amines) is 1.